The van der Waals surface area contributed by atoms with Crippen molar-refractivity contribution in [3.63, 3.8) is 0 Å². The third-order valence-corrected chi connectivity index (χ3v) is 4.28. The van der Waals surface area contributed by atoms with Gasteiger partial charge in [-0.25, -0.2) is 0 Å². The number of hydrogen-bond donors (Lipinski definition) is 0. The molecular formula is C19H17Cl. The van der Waals surface area contributed by atoms with Crippen LogP contribution >= 0.6 is 11.6 Å². The molecule has 100 valence electrons. The Morgan fingerprint density at radius 2 is 1.50 bits per heavy atom. The maximum absolute atomic E-state index is 6.77. The van der Waals surface area contributed by atoms with Crippen LogP contribution in [0.25, 0.3) is 10.8 Å². The molecule has 0 amide bonds. The van der Waals surface area contributed by atoms with Crippen molar-refractivity contribution in [3.8, 4) is 0 Å². The number of benzene rings is 3. The summed E-state index contributed by atoms with van der Waals surface area (Å²) < 4.78 is 0. The van der Waals surface area contributed by atoms with E-state index in [1.54, 1.807) is 0 Å². The van der Waals surface area contributed by atoms with Gasteiger partial charge in [0.2, 0.25) is 0 Å². The highest BCUT2D eigenvalue weighted by Gasteiger charge is 2.16. The number of aryl methyl sites for hydroxylation is 2. The van der Waals surface area contributed by atoms with Crippen molar-refractivity contribution in [2.24, 2.45) is 0 Å². The zero-order chi connectivity index (χ0) is 14.1. The molecule has 3 aromatic rings. The largest absolute Gasteiger partial charge is 0.113 e. The predicted molar refractivity (Wildman–Crippen MR) is 87.6 cm³/mol. The molecule has 0 fully saturated rings. The van der Waals surface area contributed by atoms with Gasteiger partial charge in [0, 0.05) is 0 Å². The van der Waals surface area contributed by atoms with Crippen LogP contribution in [-0.2, 0) is 0 Å². The third kappa shape index (κ3) is 2.32. The average molecular weight is 281 g/mol. The van der Waals surface area contributed by atoms with Crippen molar-refractivity contribution < 1.29 is 0 Å². The van der Waals surface area contributed by atoms with E-state index < -0.39 is 0 Å². The van der Waals surface area contributed by atoms with E-state index in [9.17, 15) is 0 Å². The van der Waals surface area contributed by atoms with Gasteiger partial charge >= 0.3 is 0 Å². The second-order valence-corrected chi connectivity index (χ2v) is 5.73. The molecule has 1 heteroatoms. The highest BCUT2D eigenvalue weighted by molar-refractivity contribution is 6.23. The first-order chi connectivity index (χ1) is 9.66. The van der Waals surface area contributed by atoms with Crippen LogP contribution in [0.2, 0.25) is 0 Å². The zero-order valence-electron chi connectivity index (χ0n) is 11.7. The molecule has 0 bridgehead atoms. The Balaban J connectivity index is 2.18. The molecule has 1 atom stereocenters. The highest BCUT2D eigenvalue weighted by atomic mass is 35.5. The van der Waals surface area contributed by atoms with E-state index in [1.165, 1.54) is 27.5 Å². The lowest BCUT2D eigenvalue weighted by atomic mass is 9.93. The Morgan fingerprint density at radius 1 is 0.800 bits per heavy atom. The fourth-order valence-corrected chi connectivity index (χ4v) is 3.08. The predicted octanol–water partition coefficient (Wildman–Crippen LogP) is 5.78. The lowest BCUT2D eigenvalue weighted by Crippen LogP contribution is -1.98. The van der Waals surface area contributed by atoms with Crippen LogP contribution in [0, 0.1) is 13.8 Å². The summed E-state index contributed by atoms with van der Waals surface area (Å²) in [4.78, 5) is 0. The Hall–Kier alpha value is -1.79. The Bertz CT molecular complexity index is 741. The van der Waals surface area contributed by atoms with E-state index in [1.807, 2.05) is 0 Å². The van der Waals surface area contributed by atoms with Crippen molar-refractivity contribution >= 4 is 22.4 Å². The second kappa shape index (κ2) is 5.30. The van der Waals surface area contributed by atoms with E-state index in [0.717, 1.165) is 5.56 Å². The molecule has 0 spiro atoms. The summed E-state index contributed by atoms with van der Waals surface area (Å²) in [6, 6.07) is 21.2. The first-order valence-corrected chi connectivity index (χ1v) is 7.29. The zero-order valence-corrected chi connectivity index (χ0v) is 12.5. The van der Waals surface area contributed by atoms with Gasteiger partial charge in [-0.05, 0) is 41.3 Å². The van der Waals surface area contributed by atoms with Crippen LogP contribution in [0.15, 0.2) is 60.7 Å². The first kappa shape index (κ1) is 13.2. The molecule has 3 aromatic carbocycles. The van der Waals surface area contributed by atoms with Crippen molar-refractivity contribution in [2.75, 3.05) is 0 Å². The van der Waals surface area contributed by atoms with Crippen LogP contribution in [0.5, 0.6) is 0 Å². The molecule has 1 unspecified atom stereocenters. The molecule has 20 heavy (non-hydrogen) atoms. The summed E-state index contributed by atoms with van der Waals surface area (Å²) in [5.74, 6) is 0. The van der Waals surface area contributed by atoms with Crippen molar-refractivity contribution in [1.82, 2.24) is 0 Å². The van der Waals surface area contributed by atoms with Crippen LogP contribution < -0.4 is 0 Å². The molecule has 0 heterocycles. The van der Waals surface area contributed by atoms with E-state index in [-0.39, 0.29) is 5.38 Å². The van der Waals surface area contributed by atoms with Crippen molar-refractivity contribution in [3.05, 3.63) is 82.9 Å². The summed E-state index contributed by atoms with van der Waals surface area (Å²) in [5.41, 5.74) is 4.86. The van der Waals surface area contributed by atoms with Crippen molar-refractivity contribution in [2.45, 2.75) is 19.2 Å². The summed E-state index contributed by atoms with van der Waals surface area (Å²) in [6.07, 6.45) is 0. The van der Waals surface area contributed by atoms with Gasteiger partial charge in [-0.1, -0.05) is 66.2 Å². The number of halogens is 1. The summed E-state index contributed by atoms with van der Waals surface area (Å²) in [5, 5.41) is 2.38. The Kier molecular flexibility index (Phi) is 3.50. The second-order valence-electron chi connectivity index (χ2n) is 5.29. The molecular weight excluding hydrogens is 264 g/mol. The number of hydrogen-bond acceptors (Lipinski definition) is 0. The lowest BCUT2D eigenvalue weighted by Gasteiger charge is -2.16. The minimum atomic E-state index is -0.110. The molecule has 0 saturated heterocycles. The number of fused-ring (bicyclic) bond motifs is 1. The van der Waals surface area contributed by atoms with Gasteiger partial charge in [0.25, 0.3) is 0 Å². The molecule has 0 radical (unpaired) electrons. The highest BCUT2D eigenvalue weighted by Crippen LogP contribution is 2.36. The molecule has 0 aliphatic heterocycles. The van der Waals surface area contributed by atoms with Crippen LogP contribution in [0.4, 0.5) is 0 Å². The van der Waals surface area contributed by atoms with Gasteiger partial charge in [-0.2, -0.15) is 0 Å². The smallest absolute Gasteiger partial charge is 0.0843 e. The summed E-state index contributed by atoms with van der Waals surface area (Å²) in [7, 11) is 0. The third-order valence-electron chi connectivity index (χ3n) is 3.81. The van der Waals surface area contributed by atoms with Gasteiger partial charge in [0.15, 0.2) is 0 Å². The number of alkyl halides is 1. The SMILES string of the molecule is Cc1ccc(C(Cl)c2c(C)ccc3ccccc23)cc1. The molecule has 3 rings (SSSR count). The minimum Gasteiger partial charge on any atom is -0.113 e. The van der Waals surface area contributed by atoms with E-state index in [4.69, 9.17) is 11.6 Å². The number of rotatable bonds is 2. The van der Waals surface area contributed by atoms with E-state index in [0.29, 0.717) is 0 Å². The molecule has 0 aromatic heterocycles. The van der Waals surface area contributed by atoms with Crippen LogP contribution in [-0.4, -0.2) is 0 Å². The topological polar surface area (TPSA) is 0 Å². The van der Waals surface area contributed by atoms with Crippen molar-refractivity contribution in [1.29, 1.82) is 0 Å². The van der Waals surface area contributed by atoms with E-state index in [2.05, 4.69) is 74.5 Å². The quantitative estimate of drug-likeness (QED) is 0.522. The maximum atomic E-state index is 6.77. The van der Waals surface area contributed by atoms with Crippen LogP contribution in [0.3, 0.4) is 0 Å². The lowest BCUT2D eigenvalue weighted by molar-refractivity contribution is 1.13. The van der Waals surface area contributed by atoms with Gasteiger partial charge in [-0.15, -0.1) is 11.6 Å². The molecule has 0 aliphatic rings. The average Bonchev–Trinajstić information content (AvgIpc) is 2.47. The fourth-order valence-electron chi connectivity index (χ4n) is 2.64. The first-order valence-electron chi connectivity index (χ1n) is 6.85. The normalized spacial score (nSPS) is 12.6. The van der Waals surface area contributed by atoms with E-state index >= 15 is 0 Å². The monoisotopic (exact) mass is 280 g/mol. The fraction of sp³-hybridized carbons (Fsp3) is 0.158. The van der Waals surface area contributed by atoms with Gasteiger partial charge < -0.3 is 0 Å². The summed E-state index contributed by atoms with van der Waals surface area (Å²) >= 11 is 6.77. The van der Waals surface area contributed by atoms with Gasteiger partial charge in [0.05, 0.1) is 5.38 Å². The molecule has 0 aliphatic carbocycles. The van der Waals surface area contributed by atoms with Gasteiger partial charge in [0.1, 0.15) is 0 Å². The van der Waals surface area contributed by atoms with Crippen LogP contribution in [0.1, 0.15) is 27.6 Å². The standard InChI is InChI=1S/C19H17Cl/c1-13-7-10-16(11-8-13)19(20)18-14(2)9-12-15-5-3-4-6-17(15)18/h3-12,19H,1-2H3. The molecule has 0 nitrogen and oxygen atoms in total. The molecule has 0 N–H and O–H groups in total. The minimum absolute atomic E-state index is 0.110. The maximum Gasteiger partial charge on any atom is 0.0843 e. The Morgan fingerprint density at radius 3 is 2.25 bits per heavy atom. The molecule has 0 saturated carbocycles. The Labute approximate surface area is 125 Å². The van der Waals surface area contributed by atoms with Gasteiger partial charge in [-0.3, -0.25) is 0 Å². The summed E-state index contributed by atoms with van der Waals surface area (Å²) in [6.45, 7) is 4.22.